The molecule has 0 unspecified atom stereocenters. The number of pyridine rings is 1. The Morgan fingerprint density at radius 3 is 2.68 bits per heavy atom. The number of aromatic nitrogens is 1. The Morgan fingerprint density at radius 1 is 1.27 bits per heavy atom. The molecule has 0 aliphatic carbocycles. The van der Waals surface area contributed by atoms with Crippen LogP contribution in [-0.2, 0) is 6.42 Å². The molecular formula is C14H19N7S. The lowest BCUT2D eigenvalue weighted by molar-refractivity contribution is 0.802. The van der Waals surface area contributed by atoms with Crippen LogP contribution >= 0.6 is 11.9 Å². The number of anilines is 1. The number of nitrogens with one attached hydrogen (secondary N) is 1. The van der Waals surface area contributed by atoms with Gasteiger partial charge in [0.2, 0.25) is 0 Å². The van der Waals surface area contributed by atoms with Crippen molar-refractivity contribution in [3.05, 3.63) is 52.7 Å². The molecule has 2 rings (SSSR count). The zero-order valence-electron chi connectivity index (χ0n) is 12.2. The molecule has 8 heteroatoms. The standard InChI is InChI=1S/C14H19N7S/c1-8-9(5-6-12(15)19-8)7-10-3-2-4-11(22-18)13(10)14(16)20-21-17/h2-6,21H,7,17-18H2,1H3,(H2,15,19)(H2,16,20). The molecule has 22 heavy (non-hydrogen) atoms. The Bertz CT molecular complexity index is 700. The molecule has 0 saturated heterocycles. The average Bonchev–Trinajstić information content (AvgIpc) is 2.50. The van der Waals surface area contributed by atoms with E-state index in [1.807, 2.05) is 31.2 Å². The predicted octanol–water partition coefficient (Wildman–Crippen LogP) is 0.612. The maximum Gasteiger partial charge on any atom is 0.153 e. The fourth-order valence-electron chi connectivity index (χ4n) is 2.24. The van der Waals surface area contributed by atoms with Gasteiger partial charge in [-0.1, -0.05) is 18.2 Å². The molecule has 7 nitrogen and oxygen atoms in total. The molecule has 1 aromatic carbocycles. The van der Waals surface area contributed by atoms with Crippen LogP contribution in [0.5, 0.6) is 0 Å². The number of hydrazone groups is 1. The van der Waals surface area contributed by atoms with Gasteiger partial charge in [0.05, 0.1) is 0 Å². The average molecular weight is 317 g/mol. The molecule has 116 valence electrons. The number of nitrogens with zero attached hydrogens (tertiary/aromatic N) is 2. The van der Waals surface area contributed by atoms with E-state index in [4.69, 9.17) is 22.4 Å². The molecule has 0 radical (unpaired) electrons. The highest BCUT2D eigenvalue weighted by Gasteiger charge is 2.14. The van der Waals surface area contributed by atoms with Crippen LogP contribution in [0.2, 0.25) is 0 Å². The van der Waals surface area contributed by atoms with Crippen LogP contribution in [0.4, 0.5) is 5.82 Å². The fraction of sp³-hybridized carbons (Fsp3) is 0.143. The summed E-state index contributed by atoms with van der Waals surface area (Å²) in [5, 5.41) is 9.58. The minimum Gasteiger partial charge on any atom is -0.384 e. The van der Waals surface area contributed by atoms with E-state index < -0.39 is 0 Å². The van der Waals surface area contributed by atoms with Gasteiger partial charge in [-0.05, 0) is 48.6 Å². The number of amidine groups is 1. The highest BCUT2D eigenvalue weighted by molar-refractivity contribution is 7.97. The van der Waals surface area contributed by atoms with Gasteiger partial charge in [0, 0.05) is 16.2 Å². The highest BCUT2D eigenvalue weighted by Crippen LogP contribution is 2.24. The zero-order chi connectivity index (χ0) is 16.1. The number of benzene rings is 1. The summed E-state index contributed by atoms with van der Waals surface area (Å²) in [6.45, 7) is 1.92. The summed E-state index contributed by atoms with van der Waals surface area (Å²) in [6.07, 6.45) is 0.642. The second-order valence-corrected chi connectivity index (χ2v) is 5.37. The molecule has 0 amide bonds. The molecule has 0 spiro atoms. The van der Waals surface area contributed by atoms with Crippen molar-refractivity contribution >= 4 is 23.6 Å². The Labute approximate surface area is 133 Å². The van der Waals surface area contributed by atoms with Crippen LogP contribution in [0, 0.1) is 6.92 Å². The maximum absolute atomic E-state index is 6.00. The summed E-state index contributed by atoms with van der Waals surface area (Å²) >= 11 is 1.12. The SMILES string of the molecule is Cc1nc(N)ccc1Cc1cccc(SN)c1/C(N)=N/NN. The van der Waals surface area contributed by atoms with Gasteiger partial charge in [-0.2, -0.15) is 0 Å². The second-order valence-electron chi connectivity index (χ2n) is 4.69. The number of rotatable bonds is 5. The molecule has 9 N–H and O–H groups in total. The molecule has 0 aliphatic rings. The van der Waals surface area contributed by atoms with Gasteiger partial charge in [-0.3, -0.25) is 5.14 Å². The van der Waals surface area contributed by atoms with Crippen LogP contribution in [0.1, 0.15) is 22.4 Å². The second kappa shape index (κ2) is 7.12. The molecule has 1 aromatic heterocycles. The van der Waals surface area contributed by atoms with Crippen molar-refractivity contribution in [2.24, 2.45) is 21.8 Å². The maximum atomic E-state index is 6.00. The quantitative estimate of drug-likeness (QED) is 0.179. The van der Waals surface area contributed by atoms with E-state index >= 15 is 0 Å². The van der Waals surface area contributed by atoms with Crippen LogP contribution in [0.15, 0.2) is 40.3 Å². The smallest absolute Gasteiger partial charge is 0.153 e. The van der Waals surface area contributed by atoms with E-state index in [0.29, 0.717) is 12.2 Å². The highest BCUT2D eigenvalue weighted by atomic mass is 32.2. The van der Waals surface area contributed by atoms with Gasteiger partial charge >= 0.3 is 0 Å². The third-order valence-corrected chi connectivity index (χ3v) is 3.87. The van der Waals surface area contributed by atoms with E-state index in [1.165, 1.54) is 0 Å². The van der Waals surface area contributed by atoms with Gasteiger partial charge < -0.3 is 11.5 Å². The minimum atomic E-state index is 0.284. The van der Waals surface area contributed by atoms with Crippen LogP contribution in [0.25, 0.3) is 0 Å². The molecule has 0 saturated carbocycles. The van der Waals surface area contributed by atoms with Crippen molar-refractivity contribution in [1.29, 1.82) is 0 Å². The van der Waals surface area contributed by atoms with Gasteiger partial charge in [-0.25, -0.2) is 16.4 Å². The Kier molecular flexibility index (Phi) is 5.21. The number of nitrogen functional groups attached to an aromatic ring is 1. The third kappa shape index (κ3) is 3.48. The largest absolute Gasteiger partial charge is 0.384 e. The minimum absolute atomic E-state index is 0.284. The topological polar surface area (TPSA) is 141 Å². The lowest BCUT2D eigenvalue weighted by Gasteiger charge is -2.14. The van der Waals surface area contributed by atoms with E-state index in [2.05, 4.69) is 15.6 Å². The van der Waals surface area contributed by atoms with Crippen LogP contribution < -0.4 is 28.0 Å². The number of nitrogens with two attached hydrogens (primary N) is 4. The molecule has 0 aliphatic heterocycles. The molecule has 2 aromatic rings. The third-order valence-electron chi connectivity index (χ3n) is 3.28. The van der Waals surface area contributed by atoms with Crippen molar-refractivity contribution < 1.29 is 0 Å². The van der Waals surface area contributed by atoms with E-state index in [1.54, 1.807) is 6.07 Å². The molecule has 0 fully saturated rings. The molecule has 1 heterocycles. The van der Waals surface area contributed by atoms with Crippen molar-refractivity contribution in [2.45, 2.75) is 18.2 Å². The van der Waals surface area contributed by atoms with Crippen molar-refractivity contribution in [3.63, 3.8) is 0 Å². The molecule has 0 atom stereocenters. The molecule has 0 bridgehead atoms. The summed E-state index contributed by atoms with van der Waals surface area (Å²) in [5.74, 6) is 6.01. The lowest BCUT2D eigenvalue weighted by atomic mass is 9.98. The fourth-order valence-corrected chi connectivity index (χ4v) is 2.75. The monoisotopic (exact) mass is 317 g/mol. The first-order valence-electron chi connectivity index (χ1n) is 6.56. The first kappa shape index (κ1) is 16.1. The van der Waals surface area contributed by atoms with Gasteiger partial charge in [0.25, 0.3) is 0 Å². The zero-order valence-corrected chi connectivity index (χ0v) is 13.0. The number of hydrogen-bond acceptors (Lipinski definition) is 7. The van der Waals surface area contributed by atoms with Crippen LogP contribution in [-0.4, -0.2) is 10.8 Å². The van der Waals surface area contributed by atoms with E-state index in [-0.39, 0.29) is 5.84 Å². The first-order chi connectivity index (χ1) is 10.6. The van der Waals surface area contributed by atoms with Crippen molar-refractivity contribution in [3.8, 4) is 0 Å². The van der Waals surface area contributed by atoms with E-state index in [9.17, 15) is 0 Å². The normalized spacial score (nSPS) is 11.5. The summed E-state index contributed by atoms with van der Waals surface area (Å²) < 4.78 is 0. The van der Waals surface area contributed by atoms with Gasteiger partial charge in [0.1, 0.15) is 5.82 Å². The van der Waals surface area contributed by atoms with Crippen LogP contribution in [0.3, 0.4) is 0 Å². The number of aryl methyl sites for hydroxylation is 1. The van der Waals surface area contributed by atoms with Gasteiger partial charge in [0.15, 0.2) is 5.84 Å². The lowest BCUT2D eigenvalue weighted by Crippen LogP contribution is -2.25. The number of hydrazine groups is 1. The summed E-state index contributed by atoms with van der Waals surface area (Å²) in [6, 6.07) is 9.53. The summed E-state index contributed by atoms with van der Waals surface area (Å²) in [5.41, 5.74) is 17.6. The summed E-state index contributed by atoms with van der Waals surface area (Å²) in [7, 11) is 0. The van der Waals surface area contributed by atoms with E-state index in [0.717, 1.165) is 39.2 Å². The number of hydrogen-bond donors (Lipinski definition) is 5. The Hall–Kier alpha value is -2.29. The Balaban J connectivity index is 2.48. The van der Waals surface area contributed by atoms with Crippen molar-refractivity contribution in [1.82, 2.24) is 10.5 Å². The van der Waals surface area contributed by atoms with Gasteiger partial charge in [-0.15, -0.1) is 5.10 Å². The predicted molar refractivity (Wildman–Crippen MR) is 90.7 cm³/mol. The van der Waals surface area contributed by atoms with Crippen molar-refractivity contribution in [2.75, 3.05) is 5.73 Å². The molecular weight excluding hydrogens is 298 g/mol. The summed E-state index contributed by atoms with van der Waals surface area (Å²) in [4.78, 5) is 5.11. The Morgan fingerprint density at radius 2 is 2.05 bits per heavy atom. The first-order valence-corrected chi connectivity index (χ1v) is 7.44.